The zero-order chi connectivity index (χ0) is 17.6. The van der Waals surface area contributed by atoms with Crippen molar-refractivity contribution in [2.45, 2.75) is 26.8 Å². The van der Waals surface area contributed by atoms with Crippen LogP contribution in [0.1, 0.15) is 33.5 Å². The van der Waals surface area contributed by atoms with Crippen LogP contribution in [0.15, 0.2) is 18.2 Å². The fourth-order valence-electron chi connectivity index (χ4n) is 3.34. The number of amides is 1. The Labute approximate surface area is 155 Å². The minimum Gasteiger partial charge on any atom is -0.362 e. The number of hydrogen-bond acceptors (Lipinski definition) is 4. The number of carbonyl (C=O) groups excluding carboxylic acids is 1. The maximum Gasteiger partial charge on any atom is 0.266 e. The number of benzene rings is 1. The highest BCUT2D eigenvalue weighted by atomic mass is 35.5. The predicted molar refractivity (Wildman–Crippen MR) is 103 cm³/mol. The van der Waals surface area contributed by atoms with E-state index in [2.05, 4.69) is 21.4 Å². The fourth-order valence-corrected chi connectivity index (χ4v) is 4.56. The first-order valence-corrected chi connectivity index (χ1v) is 9.56. The summed E-state index contributed by atoms with van der Waals surface area (Å²) < 4.78 is 0. The second kappa shape index (κ2) is 6.35. The van der Waals surface area contributed by atoms with Crippen molar-refractivity contribution in [2.24, 2.45) is 0 Å². The summed E-state index contributed by atoms with van der Waals surface area (Å²) in [5.41, 5.74) is 4.11. The Hall–Kier alpha value is -2.05. The Balaban J connectivity index is 1.65. The fraction of sp³-hybridized carbons (Fsp3) is 0.333. The number of aromatic amines is 1. The molecule has 4 rings (SSSR count). The van der Waals surface area contributed by atoms with E-state index in [1.54, 1.807) is 0 Å². The Morgan fingerprint density at radius 3 is 3.12 bits per heavy atom. The molecule has 1 aliphatic rings. The Kier molecular flexibility index (Phi) is 4.17. The second-order valence-electron chi connectivity index (χ2n) is 6.19. The van der Waals surface area contributed by atoms with Gasteiger partial charge in [-0.15, -0.1) is 0 Å². The summed E-state index contributed by atoms with van der Waals surface area (Å²) in [7, 11) is 0. The lowest BCUT2D eigenvalue weighted by atomic mass is 10.0. The van der Waals surface area contributed by atoms with Gasteiger partial charge in [-0.25, -0.2) is 4.98 Å². The number of carbonyl (C=O) groups is 1. The van der Waals surface area contributed by atoms with Crippen LogP contribution < -0.4 is 5.32 Å². The molecule has 0 aliphatic carbocycles. The molecule has 0 bridgehead atoms. The lowest BCUT2D eigenvalue weighted by molar-refractivity contribution is 0.0739. The van der Waals surface area contributed by atoms with Gasteiger partial charge in [0.25, 0.3) is 5.91 Å². The number of nitrogens with zero attached hydrogens (tertiary/aromatic N) is 2. The SMILES string of the molecule is CCNc1nc(C)c(C(=O)N2CCc3[nH]c4c(Cl)cccc4c3C2)s1. The average molecular weight is 375 g/mol. The topological polar surface area (TPSA) is 61.0 Å². The molecule has 5 nitrogen and oxygen atoms in total. The highest BCUT2D eigenvalue weighted by molar-refractivity contribution is 7.17. The number of halogens is 1. The van der Waals surface area contributed by atoms with Crippen molar-refractivity contribution >= 4 is 44.9 Å². The molecule has 130 valence electrons. The molecule has 2 aromatic heterocycles. The van der Waals surface area contributed by atoms with Crippen LogP contribution in [0.4, 0.5) is 5.13 Å². The van der Waals surface area contributed by atoms with Gasteiger partial charge in [-0.2, -0.15) is 0 Å². The quantitative estimate of drug-likeness (QED) is 0.721. The number of hydrogen-bond donors (Lipinski definition) is 2. The Bertz CT molecular complexity index is 962. The Morgan fingerprint density at radius 1 is 1.48 bits per heavy atom. The normalized spacial score (nSPS) is 14.0. The molecule has 0 fully saturated rings. The van der Waals surface area contributed by atoms with Crippen molar-refractivity contribution in [1.82, 2.24) is 14.9 Å². The minimum atomic E-state index is 0.0566. The largest absolute Gasteiger partial charge is 0.362 e. The monoisotopic (exact) mass is 374 g/mol. The molecule has 0 unspecified atom stereocenters. The van der Waals surface area contributed by atoms with E-state index in [1.807, 2.05) is 30.9 Å². The van der Waals surface area contributed by atoms with Crippen LogP contribution in [-0.4, -0.2) is 33.9 Å². The predicted octanol–water partition coefficient (Wildman–Crippen LogP) is 4.22. The summed E-state index contributed by atoms with van der Waals surface area (Å²) in [5.74, 6) is 0.0566. The molecule has 1 aromatic carbocycles. The molecule has 1 aliphatic heterocycles. The van der Waals surface area contributed by atoms with E-state index in [-0.39, 0.29) is 5.91 Å². The maximum atomic E-state index is 13.0. The molecule has 3 aromatic rings. The third-order valence-electron chi connectivity index (χ3n) is 4.57. The van der Waals surface area contributed by atoms with Crippen LogP contribution in [0.25, 0.3) is 10.9 Å². The molecule has 0 saturated heterocycles. The van der Waals surface area contributed by atoms with Crippen LogP contribution >= 0.6 is 22.9 Å². The van der Waals surface area contributed by atoms with E-state index in [9.17, 15) is 4.79 Å². The first kappa shape index (κ1) is 16.4. The average Bonchev–Trinajstić information content (AvgIpc) is 3.15. The van der Waals surface area contributed by atoms with Crippen molar-refractivity contribution in [2.75, 3.05) is 18.4 Å². The van der Waals surface area contributed by atoms with E-state index in [0.29, 0.717) is 13.1 Å². The number of para-hydroxylation sites is 1. The number of anilines is 1. The number of nitrogens with one attached hydrogen (secondary N) is 2. The Morgan fingerprint density at radius 2 is 2.32 bits per heavy atom. The van der Waals surface area contributed by atoms with Gasteiger partial charge in [0.2, 0.25) is 0 Å². The van der Waals surface area contributed by atoms with Crippen molar-refractivity contribution in [3.63, 3.8) is 0 Å². The van der Waals surface area contributed by atoms with Crippen LogP contribution in [0.5, 0.6) is 0 Å². The number of fused-ring (bicyclic) bond motifs is 3. The zero-order valence-electron chi connectivity index (χ0n) is 14.1. The summed E-state index contributed by atoms with van der Waals surface area (Å²) >= 11 is 7.73. The molecule has 0 atom stereocenters. The first-order chi connectivity index (χ1) is 12.1. The summed E-state index contributed by atoms with van der Waals surface area (Å²) in [6, 6.07) is 5.90. The lowest BCUT2D eigenvalue weighted by Gasteiger charge is -2.27. The van der Waals surface area contributed by atoms with Gasteiger partial charge in [0.05, 0.1) is 16.2 Å². The third kappa shape index (κ3) is 2.79. The molecule has 0 saturated carbocycles. The molecule has 0 spiro atoms. The van der Waals surface area contributed by atoms with E-state index < -0.39 is 0 Å². The highest BCUT2D eigenvalue weighted by Crippen LogP contribution is 2.33. The van der Waals surface area contributed by atoms with Crippen molar-refractivity contribution in [1.29, 1.82) is 0 Å². The van der Waals surface area contributed by atoms with E-state index in [0.717, 1.165) is 44.6 Å². The van der Waals surface area contributed by atoms with Gasteiger partial charge in [0, 0.05) is 42.7 Å². The third-order valence-corrected chi connectivity index (χ3v) is 5.98. The molecule has 2 N–H and O–H groups in total. The van der Waals surface area contributed by atoms with E-state index >= 15 is 0 Å². The molecule has 3 heterocycles. The van der Waals surface area contributed by atoms with E-state index in [4.69, 9.17) is 11.6 Å². The molecular weight excluding hydrogens is 356 g/mol. The van der Waals surface area contributed by atoms with Gasteiger partial charge in [0.15, 0.2) is 5.13 Å². The van der Waals surface area contributed by atoms with Crippen molar-refractivity contribution in [3.05, 3.63) is 45.1 Å². The van der Waals surface area contributed by atoms with Gasteiger partial charge in [0.1, 0.15) is 4.88 Å². The van der Waals surface area contributed by atoms with Gasteiger partial charge in [-0.1, -0.05) is 35.1 Å². The minimum absolute atomic E-state index is 0.0566. The van der Waals surface area contributed by atoms with E-state index in [1.165, 1.54) is 22.6 Å². The number of aryl methyl sites for hydroxylation is 1. The number of H-pyrrole nitrogens is 1. The van der Waals surface area contributed by atoms with Gasteiger partial charge < -0.3 is 15.2 Å². The number of rotatable bonds is 3. The molecular formula is C18H19ClN4OS. The van der Waals surface area contributed by atoms with Crippen molar-refractivity contribution in [3.8, 4) is 0 Å². The van der Waals surface area contributed by atoms with Crippen molar-refractivity contribution < 1.29 is 4.79 Å². The summed E-state index contributed by atoms with van der Waals surface area (Å²) in [6.45, 7) is 6.01. The highest BCUT2D eigenvalue weighted by Gasteiger charge is 2.27. The van der Waals surface area contributed by atoms with Gasteiger partial charge >= 0.3 is 0 Å². The standard InChI is InChI=1S/C18H19ClN4OS/c1-3-20-18-21-10(2)16(25-18)17(24)23-8-7-14-12(9-23)11-5-4-6-13(19)15(11)22-14/h4-6,22H,3,7-9H2,1-2H3,(H,20,21). The maximum absolute atomic E-state index is 13.0. The van der Waals surface area contributed by atoms with Crippen LogP contribution in [-0.2, 0) is 13.0 Å². The summed E-state index contributed by atoms with van der Waals surface area (Å²) in [6.07, 6.45) is 0.810. The molecule has 1 amide bonds. The van der Waals surface area contributed by atoms with Gasteiger partial charge in [-0.3, -0.25) is 4.79 Å². The lowest BCUT2D eigenvalue weighted by Crippen LogP contribution is -2.35. The number of aromatic nitrogens is 2. The first-order valence-electron chi connectivity index (χ1n) is 8.37. The van der Waals surface area contributed by atoms with Crippen LogP contribution in [0.3, 0.4) is 0 Å². The number of thiazole rings is 1. The summed E-state index contributed by atoms with van der Waals surface area (Å²) in [5, 5.41) is 5.82. The molecule has 25 heavy (non-hydrogen) atoms. The van der Waals surface area contributed by atoms with Gasteiger partial charge in [-0.05, 0) is 19.9 Å². The van der Waals surface area contributed by atoms with Crippen LogP contribution in [0.2, 0.25) is 5.02 Å². The second-order valence-corrected chi connectivity index (χ2v) is 7.59. The smallest absolute Gasteiger partial charge is 0.266 e. The molecule has 0 radical (unpaired) electrons. The summed E-state index contributed by atoms with van der Waals surface area (Å²) in [4.78, 5) is 23.5. The molecule has 7 heteroatoms. The zero-order valence-corrected chi connectivity index (χ0v) is 15.7. The van der Waals surface area contributed by atoms with Crippen LogP contribution in [0, 0.1) is 6.92 Å².